The quantitative estimate of drug-likeness (QED) is 0.468. The molecule has 2 aromatic rings. The Bertz CT molecular complexity index is 922. The lowest BCUT2D eigenvalue weighted by Crippen LogP contribution is -2.29. The van der Waals surface area contributed by atoms with E-state index in [1.54, 1.807) is 0 Å². The molecule has 6 nitrogen and oxygen atoms in total. The molecule has 2 rings (SSSR count). The van der Waals surface area contributed by atoms with E-state index < -0.39 is 26.9 Å². The highest BCUT2D eigenvalue weighted by Crippen LogP contribution is 2.35. The Morgan fingerprint density at radius 3 is 2.45 bits per heavy atom. The molecule has 0 fully saturated rings. The highest BCUT2D eigenvalue weighted by Gasteiger charge is 2.49. The maximum Gasteiger partial charge on any atom is 0.534 e. The van der Waals surface area contributed by atoms with Crippen LogP contribution >= 0.6 is 11.6 Å². The van der Waals surface area contributed by atoms with E-state index in [4.69, 9.17) is 11.6 Å². The van der Waals surface area contributed by atoms with Gasteiger partial charge in [0.2, 0.25) is 0 Å². The molecule has 0 aliphatic carbocycles. The Hall–Kier alpha value is -1.81. The average molecular weight is 357 g/mol. The number of hydrogen-bond acceptors (Lipinski definition) is 5. The third kappa shape index (κ3) is 2.63. The summed E-state index contributed by atoms with van der Waals surface area (Å²) in [4.78, 5) is 15.4. The third-order valence-corrected chi connectivity index (χ3v) is 4.06. The first kappa shape index (κ1) is 16.6. The number of rotatable bonds is 2. The van der Waals surface area contributed by atoms with Crippen molar-refractivity contribution in [3.63, 3.8) is 0 Å². The monoisotopic (exact) mass is 356 g/mol. The predicted molar refractivity (Wildman–Crippen MR) is 72.3 cm³/mol. The molecule has 0 amide bonds. The second-order valence-electron chi connectivity index (χ2n) is 4.29. The molecule has 0 aromatic carbocycles. The van der Waals surface area contributed by atoms with Gasteiger partial charge in [0.1, 0.15) is 10.7 Å². The number of halogens is 4. The fourth-order valence-corrected chi connectivity index (χ4v) is 2.56. The molecule has 0 spiro atoms. The molecule has 11 heteroatoms. The smallest absolute Gasteiger partial charge is 0.372 e. The van der Waals surface area contributed by atoms with Gasteiger partial charge in [0.15, 0.2) is 5.75 Å². The van der Waals surface area contributed by atoms with Crippen molar-refractivity contribution in [3.05, 3.63) is 33.3 Å². The summed E-state index contributed by atoms with van der Waals surface area (Å²) in [6, 6.07) is 2.34. The zero-order valence-corrected chi connectivity index (χ0v) is 12.7. The molecular formula is C11H8ClF3N2O4S. The lowest BCUT2D eigenvalue weighted by molar-refractivity contribution is -0.0499. The Kier molecular flexibility index (Phi) is 3.86. The van der Waals surface area contributed by atoms with Gasteiger partial charge in [-0.3, -0.25) is 4.79 Å². The second-order valence-corrected chi connectivity index (χ2v) is 6.19. The minimum atomic E-state index is -5.91. The van der Waals surface area contributed by atoms with Crippen LogP contribution in [0.5, 0.6) is 5.75 Å². The van der Waals surface area contributed by atoms with Crippen molar-refractivity contribution in [1.82, 2.24) is 9.55 Å². The number of nitrogens with zero attached hydrogens (tertiary/aromatic N) is 2. The van der Waals surface area contributed by atoms with E-state index in [1.807, 2.05) is 0 Å². The van der Waals surface area contributed by atoms with E-state index >= 15 is 0 Å². The van der Waals surface area contributed by atoms with Gasteiger partial charge in [0.25, 0.3) is 5.56 Å². The zero-order chi connectivity index (χ0) is 16.9. The van der Waals surface area contributed by atoms with Gasteiger partial charge in [-0.2, -0.15) is 21.6 Å². The van der Waals surface area contributed by atoms with Crippen molar-refractivity contribution in [2.45, 2.75) is 12.4 Å². The van der Waals surface area contributed by atoms with E-state index in [0.29, 0.717) is 0 Å². The third-order valence-electron chi connectivity index (χ3n) is 2.82. The van der Waals surface area contributed by atoms with Crippen LogP contribution in [-0.4, -0.2) is 23.5 Å². The fourth-order valence-electron chi connectivity index (χ4n) is 1.76. The van der Waals surface area contributed by atoms with Crippen molar-refractivity contribution in [3.8, 4) is 5.75 Å². The minimum absolute atomic E-state index is 0.0849. The Labute approximate surface area is 127 Å². The number of aromatic nitrogens is 2. The van der Waals surface area contributed by atoms with Gasteiger partial charge in [0, 0.05) is 18.5 Å². The minimum Gasteiger partial charge on any atom is -0.372 e. The van der Waals surface area contributed by atoms with Gasteiger partial charge >= 0.3 is 15.6 Å². The maximum absolute atomic E-state index is 12.5. The predicted octanol–water partition coefficient (Wildman–Crippen LogP) is 2.12. The average Bonchev–Trinajstić information content (AvgIpc) is 2.36. The standard InChI is InChI=1S/C11H8ClF3N2O4S/c1-5-9(21-22(19,20)11(13,14)15)8-6(10(12)16-5)3-4-7(18)17(8)2/h3-4H,1-2H3. The molecule has 2 heterocycles. The molecule has 0 atom stereocenters. The van der Waals surface area contributed by atoms with Gasteiger partial charge in [0.05, 0.1) is 5.69 Å². The lowest BCUT2D eigenvalue weighted by Gasteiger charge is -2.15. The topological polar surface area (TPSA) is 78.3 Å². The van der Waals surface area contributed by atoms with Crippen molar-refractivity contribution in [2.24, 2.45) is 7.05 Å². The van der Waals surface area contributed by atoms with Crippen LogP contribution in [-0.2, 0) is 17.2 Å². The Morgan fingerprint density at radius 2 is 1.91 bits per heavy atom. The van der Waals surface area contributed by atoms with Crippen LogP contribution in [0.2, 0.25) is 5.15 Å². The molecule has 2 aromatic heterocycles. The van der Waals surface area contributed by atoms with Gasteiger partial charge in [-0.1, -0.05) is 11.6 Å². The summed E-state index contributed by atoms with van der Waals surface area (Å²) in [6.07, 6.45) is 0. The zero-order valence-electron chi connectivity index (χ0n) is 11.1. The van der Waals surface area contributed by atoms with Crippen molar-refractivity contribution in [2.75, 3.05) is 0 Å². The molecule has 0 aliphatic rings. The summed E-state index contributed by atoms with van der Waals surface area (Å²) >= 11 is 5.87. The van der Waals surface area contributed by atoms with Crippen LogP contribution in [0.15, 0.2) is 16.9 Å². The second kappa shape index (κ2) is 5.13. The molecule has 0 bridgehead atoms. The van der Waals surface area contributed by atoms with E-state index in [1.165, 1.54) is 20.0 Å². The van der Waals surface area contributed by atoms with Crippen molar-refractivity contribution in [1.29, 1.82) is 0 Å². The highest BCUT2D eigenvalue weighted by atomic mass is 35.5. The van der Waals surface area contributed by atoms with Crippen LogP contribution in [0.4, 0.5) is 13.2 Å². The van der Waals surface area contributed by atoms with Crippen LogP contribution in [0, 0.1) is 6.92 Å². The first-order valence-corrected chi connectivity index (χ1v) is 7.41. The normalized spacial score (nSPS) is 12.6. The largest absolute Gasteiger partial charge is 0.534 e. The summed E-state index contributed by atoms with van der Waals surface area (Å²) in [5, 5.41) is -0.0124. The number of aryl methyl sites for hydroxylation is 2. The summed E-state index contributed by atoms with van der Waals surface area (Å²) in [7, 11) is -4.66. The highest BCUT2D eigenvalue weighted by molar-refractivity contribution is 7.88. The lowest BCUT2D eigenvalue weighted by atomic mass is 10.2. The van der Waals surface area contributed by atoms with Crippen LogP contribution in [0.3, 0.4) is 0 Å². The van der Waals surface area contributed by atoms with Gasteiger partial charge in [-0.05, 0) is 13.0 Å². The summed E-state index contributed by atoms with van der Waals surface area (Å²) < 4.78 is 64.9. The molecule has 0 saturated carbocycles. The van der Waals surface area contributed by atoms with Crippen molar-refractivity contribution < 1.29 is 25.8 Å². The summed E-state index contributed by atoms with van der Waals surface area (Å²) in [5.41, 5.74) is -6.59. The summed E-state index contributed by atoms with van der Waals surface area (Å²) in [6.45, 7) is 1.21. The van der Waals surface area contributed by atoms with E-state index in [2.05, 4.69) is 9.17 Å². The van der Waals surface area contributed by atoms with E-state index in [-0.39, 0.29) is 21.7 Å². The number of alkyl halides is 3. The van der Waals surface area contributed by atoms with Crippen LogP contribution in [0.25, 0.3) is 10.9 Å². The molecular weight excluding hydrogens is 349 g/mol. The van der Waals surface area contributed by atoms with Crippen molar-refractivity contribution >= 4 is 32.6 Å². The maximum atomic E-state index is 12.5. The molecule has 0 N–H and O–H groups in total. The number of hydrogen-bond donors (Lipinski definition) is 0. The molecule has 120 valence electrons. The number of pyridine rings is 2. The first-order chi connectivity index (χ1) is 9.95. The Balaban J connectivity index is 2.85. The molecule has 0 aliphatic heterocycles. The Morgan fingerprint density at radius 1 is 1.32 bits per heavy atom. The van der Waals surface area contributed by atoms with E-state index in [9.17, 15) is 26.4 Å². The van der Waals surface area contributed by atoms with Crippen LogP contribution in [0.1, 0.15) is 5.69 Å². The first-order valence-electron chi connectivity index (χ1n) is 5.62. The fraction of sp³-hybridized carbons (Fsp3) is 0.273. The molecule has 0 radical (unpaired) electrons. The van der Waals surface area contributed by atoms with Gasteiger partial charge < -0.3 is 8.75 Å². The molecule has 0 saturated heterocycles. The summed E-state index contributed by atoms with van der Waals surface area (Å²) in [5.74, 6) is -0.697. The van der Waals surface area contributed by atoms with Gasteiger partial charge in [-0.25, -0.2) is 4.98 Å². The number of fused-ring (bicyclic) bond motifs is 1. The van der Waals surface area contributed by atoms with Gasteiger partial charge in [-0.15, -0.1) is 0 Å². The molecule has 22 heavy (non-hydrogen) atoms. The molecule has 0 unspecified atom stereocenters. The SMILES string of the molecule is Cc1nc(Cl)c2ccc(=O)n(C)c2c1OS(=O)(=O)C(F)(F)F. The van der Waals surface area contributed by atoms with Crippen LogP contribution < -0.4 is 9.74 Å². The van der Waals surface area contributed by atoms with E-state index in [0.717, 1.165) is 10.6 Å².